The van der Waals surface area contributed by atoms with E-state index in [1.54, 1.807) is 24.1 Å². The third-order valence-electron chi connectivity index (χ3n) is 6.66. The maximum Gasteiger partial charge on any atom is 0.417 e. The second kappa shape index (κ2) is 15.5. The van der Waals surface area contributed by atoms with E-state index >= 15 is 0 Å². The highest BCUT2D eigenvalue weighted by Crippen LogP contribution is 2.35. The Morgan fingerprint density at radius 3 is 2.10 bits per heavy atom. The largest absolute Gasteiger partial charge is 0.417 e. The molecule has 1 atom stereocenters. The van der Waals surface area contributed by atoms with Crippen molar-refractivity contribution in [2.24, 2.45) is 5.92 Å². The maximum absolute atomic E-state index is 13.3. The number of nitrogens with zero attached hydrogens (tertiary/aromatic N) is 2. The van der Waals surface area contributed by atoms with E-state index in [-0.39, 0.29) is 17.7 Å². The highest BCUT2D eigenvalue weighted by molar-refractivity contribution is 5.97. The molecule has 0 radical (unpaired) electrons. The summed E-state index contributed by atoms with van der Waals surface area (Å²) in [4.78, 5) is 25.9. The Bertz CT molecular complexity index is 1160. The fourth-order valence-corrected chi connectivity index (χ4v) is 4.10. The van der Waals surface area contributed by atoms with Crippen molar-refractivity contribution in [3.8, 4) is 6.07 Å². The van der Waals surface area contributed by atoms with Crippen LogP contribution in [0.15, 0.2) is 42.5 Å². The zero-order valence-corrected chi connectivity index (χ0v) is 24.9. The molecule has 1 fully saturated rings. The number of carbonyl (C=O) groups excluding carboxylic acids is 2. The molecule has 1 aliphatic rings. The number of hydrogen-bond acceptors (Lipinski definition) is 5. The number of ether oxygens (including phenoxy) is 1. The van der Waals surface area contributed by atoms with Gasteiger partial charge in [0.1, 0.15) is 5.60 Å². The Morgan fingerprint density at radius 2 is 1.66 bits per heavy atom. The first-order valence-corrected chi connectivity index (χ1v) is 13.6. The summed E-state index contributed by atoms with van der Waals surface area (Å²) in [6, 6.07) is 11.6. The molecule has 1 aliphatic heterocycles. The molecule has 1 saturated heterocycles. The second-order valence-electron chi connectivity index (χ2n) is 10.6. The fourth-order valence-electron chi connectivity index (χ4n) is 4.10. The van der Waals surface area contributed by atoms with Gasteiger partial charge in [-0.2, -0.15) is 18.4 Å². The highest BCUT2D eigenvalue weighted by Gasteiger charge is 2.45. The first kappa shape index (κ1) is 35.6. The van der Waals surface area contributed by atoms with Crippen LogP contribution in [0.1, 0.15) is 69.7 Å². The molecule has 3 rings (SSSR count). The van der Waals surface area contributed by atoms with Gasteiger partial charge < -0.3 is 20.1 Å². The van der Waals surface area contributed by atoms with Crippen molar-refractivity contribution in [2.75, 3.05) is 25.5 Å². The van der Waals surface area contributed by atoms with E-state index in [0.29, 0.717) is 44.0 Å². The van der Waals surface area contributed by atoms with E-state index in [4.69, 9.17) is 10.00 Å². The molecule has 0 spiro atoms. The smallest absolute Gasteiger partial charge is 0.379 e. The molecule has 2 aromatic carbocycles. The van der Waals surface area contributed by atoms with Crippen molar-refractivity contribution < 1.29 is 32.6 Å². The van der Waals surface area contributed by atoms with Crippen molar-refractivity contribution in [1.29, 1.82) is 5.26 Å². The van der Waals surface area contributed by atoms with E-state index < -0.39 is 34.7 Å². The third kappa shape index (κ3) is 10.8. The van der Waals surface area contributed by atoms with Crippen LogP contribution in [0.2, 0.25) is 0 Å². The molecule has 10 heteroatoms. The fraction of sp³-hybridized carbons (Fsp3) is 0.516. The number of benzene rings is 2. The SMILES string of the molecule is CC.COC(C)(C)C.Cc1ccc(CC(O)(C(=O)Nc2ccc(C#N)c(C(F)(F)F)c2)C2CCN(C=O)CC2)cc1. The summed E-state index contributed by atoms with van der Waals surface area (Å²) in [6.45, 7) is 12.7. The topological polar surface area (TPSA) is 103 Å². The number of likely N-dealkylation sites (tertiary alicyclic amines) is 1. The lowest BCUT2D eigenvalue weighted by Gasteiger charge is -2.39. The summed E-state index contributed by atoms with van der Waals surface area (Å²) in [5.74, 6) is -1.33. The maximum atomic E-state index is 13.3. The quantitative estimate of drug-likeness (QED) is 0.403. The van der Waals surface area contributed by atoms with Gasteiger partial charge >= 0.3 is 6.18 Å². The van der Waals surface area contributed by atoms with Crippen LogP contribution in [0.3, 0.4) is 0 Å². The van der Waals surface area contributed by atoms with Crippen molar-refractivity contribution in [1.82, 2.24) is 4.90 Å². The summed E-state index contributed by atoms with van der Waals surface area (Å²) < 4.78 is 44.9. The number of rotatable bonds is 6. The molecule has 0 saturated carbocycles. The second-order valence-corrected chi connectivity index (χ2v) is 10.6. The number of amides is 2. The number of piperidine rings is 1. The van der Waals surface area contributed by atoms with Gasteiger partial charge in [0.2, 0.25) is 6.41 Å². The zero-order valence-electron chi connectivity index (χ0n) is 24.9. The Kier molecular flexibility index (Phi) is 13.5. The Balaban J connectivity index is 0.000000931. The van der Waals surface area contributed by atoms with Gasteiger partial charge in [-0.1, -0.05) is 43.7 Å². The van der Waals surface area contributed by atoms with E-state index in [1.807, 2.05) is 53.7 Å². The molecule has 2 amide bonds. The summed E-state index contributed by atoms with van der Waals surface area (Å²) in [5.41, 5.74) is -2.05. The lowest BCUT2D eigenvalue weighted by atomic mass is 9.76. The Labute approximate surface area is 241 Å². The number of halogens is 3. The van der Waals surface area contributed by atoms with Crippen LogP contribution in [-0.2, 0) is 26.9 Å². The van der Waals surface area contributed by atoms with Crippen LogP contribution < -0.4 is 5.32 Å². The molecule has 0 aliphatic carbocycles. The third-order valence-corrected chi connectivity index (χ3v) is 6.66. The van der Waals surface area contributed by atoms with Crippen LogP contribution in [0, 0.1) is 24.2 Å². The number of methoxy groups -OCH3 is 1. The number of aliphatic hydroxyl groups is 1. The monoisotopic (exact) mass is 577 g/mol. The van der Waals surface area contributed by atoms with Gasteiger partial charge in [-0.05, 0) is 64.3 Å². The minimum Gasteiger partial charge on any atom is -0.379 e. The Morgan fingerprint density at radius 1 is 1.12 bits per heavy atom. The molecular formula is C31H42F3N3O4. The number of hydrogen-bond donors (Lipinski definition) is 2. The molecule has 226 valence electrons. The summed E-state index contributed by atoms with van der Waals surface area (Å²) in [5, 5.41) is 23.0. The Hall–Kier alpha value is -3.42. The predicted octanol–water partition coefficient (Wildman–Crippen LogP) is 6.12. The molecule has 2 N–H and O–H groups in total. The number of aryl methyl sites for hydroxylation is 1. The number of nitriles is 1. The van der Waals surface area contributed by atoms with Gasteiger partial charge in [0.25, 0.3) is 5.91 Å². The van der Waals surface area contributed by atoms with E-state index in [2.05, 4.69) is 5.32 Å². The number of carbonyl (C=O) groups is 2. The minimum atomic E-state index is -4.77. The number of alkyl halides is 3. The lowest BCUT2D eigenvalue weighted by molar-refractivity contribution is -0.143. The molecule has 41 heavy (non-hydrogen) atoms. The first-order chi connectivity index (χ1) is 19.1. The average Bonchev–Trinajstić information content (AvgIpc) is 2.94. The van der Waals surface area contributed by atoms with Gasteiger partial charge in [-0.25, -0.2) is 0 Å². The van der Waals surface area contributed by atoms with Crippen LogP contribution in [0.25, 0.3) is 0 Å². The van der Waals surface area contributed by atoms with Gasteiger partial charge in [0.15, 0.2) is 0 Å². The standard InChI is InChI=1S/C24H24F3N3O3.C5H12O.C2H6/c1-16-2-4-17(5-3-16)13-23(33,19-8-10-30(15-31)11-9-19)22(32)29-20-7-6-18(14-28)21(12-20)24(25,26)27;1-5(2,3)6-4;1-2/h2-7,12,15,19,33H,8-11,13H2,1H3,(H,29,32);1-4H3;1-2H3. The number of anilines is 1. The van der Waals surface area contributed by atoms with Gasteiger partial charge in [-0.15, -0.1) is 0 Å². The summed E-state index contributed by atoms with van der Waals surface area (Å²) >= 11 is 0. The molecule has 7 nitrogen and oxygen atoms in total. The molecule has 0 bridgehead atoms. The molecule has 2 aromatic rings. The summed E-state index contributed by atoms with van der Waals surface area (Å²) in [7, 11) is 1.71. The van der Waals surface area contributed by atoms with Crippen LogP contribution in [-0.4, -0.2) is 53.7 Å². The van der Waals surface area contributed by atoms with Crippen LogP contribution in [0.4, 0.5) is 18.9 Å². The van der Waals surface area contributed by atoms with Gasteiger partial charge in [0.05, 0.1) is 22.8 Å². The minimum absolute atomic E-state index is 0.0344. The van der Waals surface area contributed by atoms with E-state index in [1.165, 1.54) is 12.1 Å². The molecular weight excluding hydrogens is 535 g/mol. The predicted molar refractivity (Wildman–Crippen MR) is 153 cm³/mol. The van der Waals surface area contributed by atoms with Gasteiger partial charge in [0, 0.05) is 38.2 Å². The van der Waals surface area contributed by atoms with Crippen molar-refractivity contribution in [3.63, 3.8) is 0 Å². The normalized spacial score (nSPS) is 15.2. The molecule has 1 heterocycles. The van der Waals surface area contributed by atoms with E-state index in [0.717, 1.165) is 11.6 Å². The highest BCUT2D eigenvalue weighted by atomic mass is 19.4. The van der Waals surface area contributed by atoms with Crippen LogP contribution >= 0.6 is 0 Å². The van der Waals surface area contributed by atoms with Crippen molar-refractivity contribution in [2.45, 2.75) is 78.2 Å². The van der Waals surface area contributed by atoms with Crippen molar-refractivity contribution in [3.05, 3.63) is 64.7 Å². The van der Waals surface area contributed by atoms with E-state index in [9.17, 15) is 27.9 Å². The summed E-state index contributed by atoms with van der Waals surface area (Å²) in [6.07, 6.45) is -3.35. The van der Waals surface area contributed by atoms with Gasteiger partial charge in [-0.3, -0.25) is 9.59 Å². The average molecular weight is 578 g/mol. The molecule has 0 aromatic heterocycles. The number of nitrogens with one attached hydrogen (secondary N) is 1. The first-order valence-electron chi connectivity index (χ1n) is 13.6. The molecule has 1 unspecified atom stereocenters. The van der Waals surface area contributed by atoms with Crippen molar-refractivity contribution >= 4 is 18.0 Å². The zero-order chi connectivity index (χ0) is 31.4. The van der Waals surface area contributed by atoms with Crippen LogP contribution in [0.5, 0.6) is 0 Å². The lowest BCUT2D eigenvalue weighted by Crippen LogP contribution is -2.54.